The molecule has 0 aromatic heterocycles. The monoisotopic (exact) mass is 258 g/mol. The van der Waals surface area contributed by atoms with Gasteiger partial charge in [-0.25, -0.2) is 4.57 Å². The quantitative estimate of drug-likeness (QED) is 0.389. The van der Waals surface area contributed by atoms with Gasteiger partial charge in [0.15, 0.2) is 0 Å². The highest BCUT2D eigenvalue weighted by atomic mass is 31.2. The van der Waals surface area contributed by atoms with E-state index in [9.17, 15) is 4.57 Å². The highest BCUT2D eigenvalue weighted by Crippen LogP contribution is 2.42. The van der Waals surface area contributed by atoms with Gasteiger partial charge in [-0.1, -0.05) is 0 Å². The van der Waals surface area contributed by atoms with Crippen LogP contribution in [-0.2, 0) is 13.6 Å². The summed E-state index contributed by atoms with van der Waals surface area (Å²) in [7, 11) is 1.63. The summed E-state index contributed by atoms with van der Waals surface area (Å²) in [4.78, 5) is 9.17. The molecule has 7 nitrogen and oxygen atoms in total. The largest absolute Gasteiger partial charge is 0.472 e. The van der Waals surface area contributed by atoms with Crippen LogP contribution >= 0.6 is 7.82 Å². The minimum atomic E-state index is -4.13. The van der Waals surface area contributed by atoms with E-state index in [0.717, 1.165) is 0 Å². The third-order valence-corrected chi connectivity index (χ3v) is 2.64. The van der Waals surface area contributed by atoms with Gasteiger partial charge in [-0.2, -0.15) is 0 Å². The second-order valence-corrected chi connectivity index (χ2v) is 5.90. The van der Waals surface area contributed by atoms with Crippen LogP contribution in [-0.4, -0.2) is 73.2 Å². The van der Waals surface area contributed by atoms with E-state index in [0.29, 0.717) is 11.0 Å². The Kier molecular flexibility index (Phi) is 6.65. The van der Waals surface area contributed by atoms with Crippen molar-refractivity contribution in [3.63, 3.8) is 0 Å². The van der Waals surface area contributed by atoms with Gasteiger partial charge in [-0.05, 0) is 0 Å². The first-order valence-corrected chi connectivity index (χ1v) is 6.37. The molecule has 2 atom stereocenters. The first-order chi connectivity index (χ1) is 7.16. The Morgan fingerprint density at radius 3 is 2.31 bits per heavy atom. The number of aliphatic hydroxyl groups excluding tert-OH is 2. The maximum Gasteiger partial charge on any atom is 0.472 e. The average Bonchev–Trinajstić information content (AvgIpc) is 2.12. The van der Waals surface area contributed by atoms with Gasteiger partial charge in [0, 0.05) is 0 Å². The highest BCUT2D eigenvalue weighted by molar-refractivity contribution is 7.47. The van der Waals surface area contributed by atoms with Gasteiger partial charge >= 0.3 is 7.82 Å². The molecule has 0 amide bonds. The molecule has 0 rings (SSSR count). The van der Waals surface area contributed by atoms with Crippen molar-refractivity contribution in [3.8, 4) is 0 Å². The van der Waals surface area contributed by atoms with E-state index in [4.69, 9.17) is 15.1 Å². The predicted molar refractivity (Wildman–Crippen MR) is 57.7 cm³/mol. The van der Waals surface area contributed by atoms with Crippen LogP contribution in [0.2, 0.25) is 0 Å². The SMILES string of the molecule is [12CH3][14N+]([12CH3])([12CH3])CC[16O][31P](=[16O])([16OH])[16O]CC([16OH])C[16OH]. The van der Waals surface area contributed by atoms with Crippen molar-refractivity contribution >= 4 is 7.82 Å². The normalized spacial score (nSPS) is 18.1. The maximum atomic E-state index is 11.2. The lowest BCUT2D eigenvalue weighted by atomic mass is 10.4. The lowest BCUT2D eigenvalue weighted by Crippen LogP contribution is -2.37. The molecule has 0 saturated heterocycles. The van der Waals surface area contributed by atoms with Crippen LogP contribution in [0, 0.1) is 0 Å². The fourth-order valence-electron chi connectivity index (χ4n) is 0.700. The molecule has 2 unspecified atom stereocenters. The zero-order valence-electron chi connectivity index (χ0n) is 9.87. The predicted octanol–water partition coefficient (Wildman–Crippen LogP) is -0.821. The zero-order chi connectivity index (χ0) is 12.8. The van der Waals surface area contributed by atoms with Gasteiger partial charge in [0.2, 0.25) is 0 Å². The molecule has 0 radical (unpaired) electrons. The van der Waals surface area contributed by atoms with Gasteiger partial charge in [-0.3, -0.25) is 9.05 Å². The van der Waals surface area contributed by atoms with Gasteiger partial charge < -0.3 is 19.6 Å². The van der Waals surface area contributed by atoms with Crippen molar-refractivity contribution in [2.24, 2.45) is 0 Å². The Morgan fingerprint density at radius 1 is 1.31 bits per heavy atom. The molecule has 0 aromatic rings. The fourth-order valence-corrected chi connectivity index (χ4v) is 1.45. The number of nitrogens with zero attached hydrogens (tertiary/aromatic N) is 1. The zero-order valence-corrected chi connectivity index (χ0v) is 10.8. The molecule has 16 heavy (non-hydrogen) atoms. The summed E-state index contributed by atoms with van der Waals surface area (Å²) in [6, 6.07) is 0. The average molecular weight is 258 g/mol. The molecule has 0 bridgehead atoms. The Labute approximate surface area is 95.4 Å². The van der Waals surface area contributed by atoms with Crippen LogP contribution in [0.1, 0.15) is 0 Å². The minimum absolute atomic E-state index is 0.0759. The molecule has 0 spiro atoms. The van der Waals surface area contributed by atoms with Crippen molar-refractivity contribution in [1.82, 2.24) is 0 Å². The van der Waals surface area contributed by atoms with E-state index in [-0.39, 0.29) is 6.61 Å². The van der Waals surface area contributed by atoms with Gasteiger partial charge in [0.1, 0.15) is 19.3 Å². The first kappa shape index (κ1) is 16.0. The van der Waals surface area contributed by atoms with Crippen molar-refractivity contribution < 1.29 is 33.2 Å². The second-order valence-electron chi connectivity index (χ2n) is 4.45. The summed E-state index contributed by atoms with van der Waals surface area (Å²) in [5.74, 6) is 0. The molecular formula is C8H21NO6P+. The highest BCUT2D eigenvalue weighted by Gasteiger charge is 2.23. The first-order valence-electron chi connectivity index (χ1n) is 4.87. The Bertz CT molecular complexity index is 241. The number of quaternary nitrogens is 1. The van der Waals surface area contributed by atoms with E-state index in [1.54, 1.807) is 0 Å². The van der Waals surface area contributed by atoms with Crippen molar-refractivity contribution in [2.75, 3.05) is 47.5 Å². The van der Waals surface area contributed by atoms with Gasteiger partial charge in [0.25, 0.3) is 0 Å². The Hall–Kier alpha value is -0.0100. The van der Waals surface area contributed by atoms with Gasteiger partial charge in [-0.15, -0.1) is 0 Å². The van der Waals surface area contributed by atoms with E-state index < -0.39 is 27.1 Å². The number of hydrogen-bond acceptors (Lipinski definition) is 5. The molecule has 98 valence electrons. The van der Waals surface area contributed by atoms with Crippen molar-refractivity contribution in [2.45, 2.75) is 6.10 Å². The third-order valence-electron chi connectivity index (χ3n) is 1.66. The molecule has 0 aliphatic rings. The van der Waals surface area contributed by atoms with Crippen LogP contribution in [0.15, 0.2) is 0 Å². The number of hydrogen-bond donors (Lipinski definition) is 3. The number of phosphoric ester groups is 1. The molecule has 3 N–H and O–H groups in total. The van der Waals surface area contributed by atoms with Gasteiger partial charge in [0.05, 0.1) is 34.4 Å². The lowest BCUT2D eigenvalue weighted by molar-refractivity contribution is -0.870. The molecule has 0 aliphatic heterocycles. The summed E-state index contributed by atoms with van der Waals surface area (Å²) in [5.41, 5.74) is 0. The van der Waals surface area contributed by atoms with E-state index in [1.807, 2.05) is 21.1 Å². The van der Waals surface area contributed by atoms with Crippen molar-refractivity contribution in [3.05, 3.63) is 0 Å². The number of phosphoric acid groups is 1. The summed E-state index contributed by atoms with van der Waals surface area (Å²) >= 11 is 0. The number of rotatable bonds is 8. The summed E-state index contributed by atoms with van der Waals surface area (Å²) in [6.45, 7) is -0.337. The fraction of sp³-hybridized carbons (Fsp3) is 1.00. The van der Waals surface area contributed by atoms with E-state index in [2.05, 4.69) is 9.05 Å². The molecule has 0 aromatic carbocycles. The summed E-state index contributed by atoms with van der Waals surface area (Å²) in [5, 5.41) is 17.4. The standard InChI is InChI=1S/C8H20NO6P/c1-9(2,3)4-5-14-16(12,13)15-7-8(11)6-10/h8,10-11H,4-7H2,1-3H3/p+1/i1+0,2+0,3+0,9+0,10+0,11+0,12+0,13+0,14+0,15+0,16+0. The van der Waals surface area contributed by atoms with E-state index >= 15 is 0 Å². The smallest absolute Gasteiger partial charge is 0.394 e. The van der Waals surface area contributed by atoms with Crippen molar-refractivity contribution in [1.29, 1.82) is 0 Å². The topological polar surface area (TPSA) is 96.2 Å². The summed E-state index contributed by atoms with van der Waals surface area (Å²) in [6.07, 6.45) is -1.18. The molecule has 0 heterocycles. The van der Waals surface area contributed by atoms with Crippen LogP contribution in [0.3, 0.4) is 0 Å². The number of aliphatic hydroxyl groups is 2. The molecule has 0 saturated carbocycles. The molecule has 8 heteroatoms. The Morgan fingerprint density at radius 2 is 1.88 bits per heavy atom. The molecular weight excluding hydrogens is 237 g/mol. The minimum Gasteiger partial charge on any atom is -0.394 e. The molecule has 0 fully saturated rings. The molecule has 0 aliphatic carbocycles. The summed E-state index contributed by atoms with van der Waals surface area (Å²) < 4.78 is 21.0. The maximum absolute atomic E-state index is 11.2. The third kappa shape index (κ3) is 9.23. The van der Waals surface area contributed by atoms with Crippen LogP contribution in [0.4, 0.5) is 0 Å². The lowest BCUT2D eigenvalue weighted by Gasteiger charge is -2.24. The van der Waals surface area contributed by atoms with Crippen LogP contribution in [0.5, 0.6) is 0 Å². The van der Waals surface area contributed by atoms with Crippen LogP contribution < -0.4 is 0 Å². The van der Waals surface area contributed by atoms with E-state index in [1.165, 1.54) is 0 Å². The number of likely N-dealkylation sites (N-methyl/N-ethyl adjacent to an activating group) is 1. The van der Waals surface area contributed by atoms with Crippen LogP contribution in [0.25, 0.3) is 0 Å². The Balaban J connectivity index is 3.83. The second kappa shape index (κ2) is 6.66.